The molecule has 1 aromatic carbocycles. The van der Waals surface area contributed by atoms with E-state index in [0.717, 1.165) is 30.5 Å². The number of benzene rings is 1. The van der Waals surface area contributed by atoms with Gasteiger partial charge in [0.1, 0.15) is 0 Å². The number of hydrogen-bond donors (Lipinski definition) is 1. The van der Waals surface area contributed by atoms with Gasteiger partial charge in [-0.15, -0.1) is 0 Å². The van der Waals surface area contributed by atoms with E-state index < -0.39 is 0 Å². The zero-order valence-electron chi connectivity index (χ0n) is 11.0. The molecule has 3 rings (SSSR count). The molecule has 0 aliphatic carbocycles. The Hall–Kier alpha value is -1.26. The molecule has 2 heterocycles. The highest BCUT2D eigenvalue weighted by Crippen LogP contribution is 2.22. The van der Waals surface area contributed by atoms with Crippen LogP contribution < -0.4 is 5.69 Å². The van der Waals surface area contributed by atoms with Crippen LogP contribution in [0.4, 0.5) is 0 Å². The number of H-pyrrole nitrogens is 1. The van der Waals surface area contributed by atoms with Gasteiger partial charge in [-0.05, 0) is 38.6 Å². The molecule has 1 aromatic heterocycles. The molecule has 4 nitrogen and oxygen atoms in total. The maximum absolute atomic E-state index is 12.1. The highest BCUT2D eigenvalue weighted by atomic mass is 35.5. The Labute approximate surface area is 117 Å². The molecule has 1 saturated heterocycles. The predicted octanol–water partition coefficient (Wildman–Crippen LogP) is 2.47. The van der Waals surface area contributed by atoms with Gasteiger partial charge in [0.25, 0.3) is 0 Å². The van der Waals surface area contributed by atoms with E-state index in [2.05, 4.69) is 16.9 Å². The molecule has 1 fully saturated rings. The second kappa shape index (κ2) is 5.02. The maximum atomic E-state index is 12.1. The molecule has 102 valence electrons. The number of hydrogen-bond acceptors (Lipinski definition) is 2. The largest absolute Gasteiger partial charge is 0.326 e. The minimum absolute atomic E-state index is 0.0675. The fourth-order valence-electron chi connectivity index (χ4n) is 2.91. The number of halogens is 1. The van der Waals surface area contributed by atoms with E-state index in [1.54, 1.807) is 6.07 Å². The summed E-state index contributed by atoms with van der Waals surface area (Å²) < 4.78 is 1.81. The summed E-state index contributed by atoms with van der Waals surface area (Å²) in [6.45, 7) is 1.85. The van der Waals surface area contributed by atoms with E-state index in [1.807, 2.05) is 16.7 Å². The minimum atomic E-state index is -0.0675. The van der Waals surface area contributed by atoms with Gasteiger partial charge in [0.05, 0.1) is 16.1 Å². The third-order valence-electron chi connectivity index (χ3n) is 4.07. The SMILES string of the molecule is CN1CCCCC1Cn1c(=O)[nH]c2c(Cl)cccc21. The van der Waals surface area contributed by atoms with Crippen molar-refractivity contribution < 1.29 is 0 Å². The molecule has 0 spiro atoms. The van der Waals surface area contributed by atoms with Crippen LogP contribution in [0.5, 0.6) is 0 Å². The van der Waals surface area contributed by atoms with E-state index in [-0.39, 0.29) is 5.69 Å². The molecule has 0 amide bonds. The van der Waals surface area contributed by atoms with Crippen molar-refractivity contribution in [1.82, 2.24) is 14.5 Å². The van der Waals surface area contributed by atoms with Gasteiger partial charge in [0, 0.05) is 12.6 Å². The first-order valence-corrected chi connectivity index (χ1v) is 7.12. The lowest BCUT2D eigenvalue weighted by Crippen LogP contribution is -2.40. The summed E-state index contributed by atoms with van der Waals surface area (Å²) in [6.07, 6.45) is 3.64. The van der Waals surface area contributed by atoms with Crippen LogP contribution in [-0.4, -0.2) is 34.1 Å². The number of aromatic nitrogens is 2. The average molecular weight is 280 g/mol. The summed E-state index contributed by atoms with van der Waals surface area (Å²) in [5.74, 6) is 0. The van der Waals surface area contributed by atoms with Crippen molar-refractivity contribution >= 4 is 22.6 Å². The van der Waals surface area contributed by atoms with Gasteiger partial charge in [-0.3, -0.25) is 4.57 Å². The van der Waals surface area contributed by atoms with Crippen molar-refractivity contribution in [2.75, 3.05) is 13.6 Å². The fraction of sp³-hybridized carbons (Fsp3) is 0.500. The molecular formula is C14H18ClN3O. The van der Waals surface area contributed by atoms with Crippen molar-refractivity contribution in [1.29, 1.82) is 0 Å². The van der Waals surface area contributed by atoms with E-state index in [0.29, 0.717) is 11.1 Å². The Morgan fingerprint density at radius 3 is 3.05 bits per heavy atom. The molecule has 1 aliphatic heterocycles. The van der Waals surface area contributed by atoms with Gasteiger partial charge in [0.15, 0.2) is 0 Å². The average Bonchev–Trinajstić information content (AvgIpc) is 2.71. The molecule has 0 bridgehead atoms. The lowest BCUT2D eigenvalue weighted by Gasteiger charge is -2.32. The fourth-order valence-corrected chi connectivity index (χ4v) is 3.13. The quantitative estimate of drug-likeness (QED) is 0.917. The minimum Gasteiger partial charge on any atom is -0.304 e. The summed E-state index contributed by atoms with van der Waals surface area (Å²) in [4.78, 5) is 17.3. The Bertz CT molecular complexity index is 646. The van der Waals surface area contributed by atoms with Gasteiger partial charge in [0.2, 0.25) is 0 Å². The first kappa shape index (κ1) is 12.8. The lowest BCUT2D eigenvalue weighted by molar-refractivity contribution is 0.167. The highest BCUT2D eigenvalue weighted by Gasteiger charge is 2.21. The number of nitrogens with one attached hydrogen (secondary N) is 1. The van der Waals surface area contributed by atoms with Gasteiger partial charge in [-0.2, -0.15) is 0 Å². The zero-order valence-corrected chi connectivity index (χ0v) is 11.8. The van der Waals surface area contributed by atoms with Crippen LogP contribution in [0.15, 0.2) is 23.0 Å². The molecule has 1 N–H and O–H groups in total. The number of likely N-dealkylation sites (tertiary alicyclic amines) is 1. The van der Waals surface area contributed by atoms with Gasteiger partial charge < -0.3 is 9.88 Å². The third kappa shape index (κ3) is 2.30. The molecule has 1 aliphatic rings. The summed E-state index contributed by atoms with van der Waals surface area (Å²) in [6, 6.07) is 6.07. The number of rotatable bonds is 2. The third-order valence-corrected chi connectivity index (χ3v) is 4.39. The number of piperidine rings is 1. The lowest BCUT2D eigenvalue weighted by atomic mass is 10.0. The van der Waals surface area contributed by atoms with Crippen LogP contribution in [0.2, 0.25) is 5.02 Å². The number of imidazole rings is 1. The maximum Gasteiger partial charge on any atom is 0.326 e. The van der Waals surface area contributed by atoms with E-state index in [4.69, 9.17) is 11.6 Å². The summed E-state index contributed by atoms with van der Waals surface area (Å²) >= 11 is 6.12. The Morgan fingerprint density at radius 1 is 1.42 bits per heavy atom. The van der Waals surface area contributed by atoms with Crippen molar-refractivity contribution in [3.63, 3.8) is 0 Å². The summed E-state index contributed by atoms with van der Waals surface area (Å²) in [5, 5.41) is 0.602. The number of likely N-dealkylation sites (N-methyl/N-ethyl adjacent to an activating group) is 1. The Balaban J connectivity index is 1.98. The van der Waals surface area contributed by atoms with E-state index in [1.165, 1.54) is 12.8 Å². The molecule has 0 radical (unpaired) electrons. The Kier molecular flexibility index (Phi) is 3.37. The van der Waals surface area contributed by atoms with E-state index >= 15 is 0 Å². The topological polar surface area (TPSA) is 41.0 Å². The van der Waals surface area contributed by atoms with Gasteiger partial charge in [-0.25, -0.2) is 4.79 Å². The number of nitrogens with zero attached hydrogens (tertiary/aromatic N) is 2. The molecule has 1 atom stereocenters. The standard InChI is InChI=1S/C14H18ClN3O/c1-17-8-3-2-5-10(17)9-18-12-7-4-6-11(15)13(12)16-14(18)19/h4,6-7,10H,2-3,5,8-9H2,1H3,(H,16,19). The van der Waals surface area contributed by atoms with Crippen LogP contribution >= 0.6 is 11.6 Å². The smallest absolute Gasteiger partial charge is 0.304 e. The number of aromatic amines is 1. The first-order chi connectivity index (χ1) is 9.16. The molecule has 5 heteroatoms. The van der Waals surface area contributed by atoms with Crippen LogP contribution in [0, 0.1) is 0 Å². The van der Waals surface area contributed by atoms with Crippen LogP contribution in [-0.2, 0) is 6.54 Å². The number of para-hydroxylation sites is 1. The van der Waals surface area contributed by atoms with Crippen molar-refractivity contribution in [2.24, 2.45) is 0 Å². The predicted molar refractivity (Wildman–Crippen MR) is 77.8 cm³/mol. The molecular weight excluding hydrogens is 262 g/mol. The normalized spacial score (nSPS) is 21.1. The van der Waals surface area contributed by atoms with Crippen molar-refractivity contribution in [3.05, 3.63) is 33.7 Å². The molecule has 1 unspecified atom stereocenters. The summed E-state index contributed by atoms with van der Waals surface area (Å²) in [5.41, 5.74) is 1.58. The summed E-state index contributed by atoms with van der Waals surface area (Å²) in [7, 11) is 2.14. The van der Waals surface area contributed by atoms with Crippen molar-refractivity contribution in [3.8, 4) is 0 Å². The Morgan fingerprint density at radius 2 is 2.26 bits per heavy atom. The highest BCUT2D eigenvalue weighted by molar-refractivity contribution is 6.34. The van der Waals surface area contributed by atoms with E-state index in [9.17, 15) is 4.79 Å². The molecule has 19 heavy (non-hydrogen) atoms. The zero-order chi connectivity index (χ0) is 13.4. The second-order valence-corrected chi connectivity index (χ2v) is 5.71. The number of fused-ring (bicyclic) bond motifs is 1. The first-order valence-electron chi connectivity index (χ1n) is 6.74. The van der Waals surface area contributed by atoms with Crippen LogP contribution in [0.25, 0.3) is 11.0 Å². The monoisotopic (exact) mass is 279 g/mol. The molecule has 2 aromatic rings. The van der Waals surface area contributed by atoms with Gasteiger partial charge in [-0.1, -0.05) is 24.1 Å². The van der Waals surface area contributed by atoms with Gasteiger partial charge >= 0.3 is 5.69 Å². The van der Waals surface area contributed by atoms with Crippen LogP contribution in [0.3, 0.4) is 0 Å². The van der Waals surface area contributed by atoms with Crippen LogP contribution in [0.1, 0.15) is 19.3 Å². The van der Waals surface area contributed by atoms with Crippen molar-refractivity contribution in [2.45, 2.75) is 31.8 Å². The molecule has 0 saturated carbocycles. The second-order valence-electron chi connectivity index (χ2n) is 5.30.